The molecule has 0 aromatic heterocycles. The van der Waals surface area contributed by atoms with E-state index in [0.717, 1.165) is 0 Å². The third-order valence-electron chi connectivity index (χ3n) is 2.23. The Labute approximate surface area is 94.8 Å². The van der Waals surface area contributed by atoms with E-state index in [1.165, 1.54) is 19.2 Å². The van der Waals surface area contributed by atoms with E-state index >= 15 is 0 Å². The molecule has 88 valence electrons. The Hall–Kier alpha value is -1.42. The lowest BCUT2D eigenvalue weighted by atomic mass is 10.2. The zero-order valence-electron chi connectivity index (χ0n) is 9.57. The number of anilines is 1. The second kappa shape index (κ2) is 6.23. The highest BCUT2D eigenvalue weighted by molar-refractivity contribution is 5.84. The molecule has 0 N–H and O–H groups in total. The van der Waals surface area contributed by atoms with Crippen LogP contribution in [-0.2, 0) is 9.53 Å². The molecule has 1 aromatic rings. The van der Waals surface area contributed by atoms with Crippen LogP contribution in [0.4, 0.5) is 10.1 Å². The highest BCUT2D eigenvalue weighted by Crippen LogP contribution is 2.14. The van der Waals surface area contributed by atoms with Crippen LogP contribution < -0.4 is 4.90 Å². The van der Waals surface area contributed by atoms with Crippen molar-refractivity contribution >= 4 is 11.5 Å². The molecule has 0 fully saturated rings. The largest absolute Gasteiger partial charge is 0.377 e. The average Bonchev–Trinajstić information content (AvgIpc) is 2.26. The van der Waals surface area contributed by atoms with Gasteiger partial charge < -0.3 is 9.64 Å². The van der Waals surface area contributed by atoms with Crippen LogP contribution in [0.15, 0.2) is 24.3 Å². The number of ketones is 1. The maximum atomic E-state index is 13.0. The Morgan fingerprint density at radius 3 is 2.81 bits per heavy atom. The summed E-state index contributed by atoms with van der Waals surface area (Å²) in [4.78, 5) is 13.2. The Kier molecular flexibility index (Phi) is 4.92. The van der Waals surface area contributed by atoms with Gasteiger partial charge in [-0.15, -0.1) is 0 Å². The van der Waals surface area contributed by atoms with E-state index in [2.05, 4.69) is 0 Å². The molecule has 1 aromatic carbocycles. The molecule has 16 heavy (non-hydrogen) atoms. The summed E-state index contributed by atoms with van der Waals surface area (Å²) in [5.41, 5.74) is 0.715. The minimum absolute atomic E-state index is 0.0198. The molecule has 0 spiro atoms. The fourth-order valence-corrected chi connectivity index (χ4v) is 1.48. The minimum Gasteiger partial charge on any atom is -0.377 e. The first-order valence-electron chi connectivity index (χ1n) is 5.18. The van der Waals surface area contributed by atoms with Crippen LogP contribution >= 0.6 is 0 Å². The summed E-state index contributed by atoms with van der Waals surface area (Å²) in [6.07, 6.45) is 0. The SMILES string of the molecule is CCN(CC(=O)COC)c1cccc(F)c1. The zero-order valence-corrected chi connectivity index (χ0v) is 9.57. The molecular weight excluding hydrogens is 209 g/mol. The zero-order chi connectivity index (χ0) is 12.0. The molecule has 0 aliphatic heterocycles. The number of methoxy groups -OCH3 is 1. The quantitative estimate of drug-likeness (QED) is 0.740. The standard InChI is InChI=1S/C12H16FNO2/c1-3-14(8-12(15)9-16-2)11-6-4-5-10(13)7-11/h4-7H,3,8-9H2,1-2H3. The molecule has 0 bridgehead atoms. The van der Waals surface area contributed by atoms with Crippen molar-refractivity contribution in [1.29, 1.82) is 0 Å². The van der Waals surface area contributed by atoms with Gasteiger partial charge in [-0.05, 0) is 25.1 Å². The Morgan fingerprint density at radius 2 is 2.25 bits per heavy atom. The van der Waals surface area contributed by atoms with E-state index in [0.29, 0.717) is 12.2 Å². The van der Waals surface area contributed by atoms with E-state index in [9.17, 15) is 9.18 Å². The highest BCUT2D eigenvalue weighted by Gasteiger charge is 2.10. The van der Waals surface area contributed by atoms with Crippen molar-refractivity contribution in [2.24, 2.45) is 0 Å². The molecule has 0 aliphatic carbocycles. The van der Waals surface area contributed by atoms with Gasteiger partial charge in [0.2, 0.25) is 0 Å². The Balaban J connectivity index is 2.70. The van der Waals surface area contributed by atoms with Gasteiger partial charge in [0.25, 0.3) is 0 Å². The van der Waals surface area contributed by atoms with Gasteiger partial charge in [-0.3, -0.25) is 4.79 Å². The normalized spacial score (nSPS) is 10.2. The Morgan fingerprint density at radius 1 is 1.50 bits per heavy atom. The van der Waals surface area contributed by atoms with Crippen molar-refractivity contribution in [3.8, 4) is 0 Å². The molecule has 0 unspecified atom stereocenters. The van der Waals surface area contributed by atoms with Gasteiger partial charge in [-0.2, -0.15) is 0 Å². The number of carbonyl (C=O) groups excluding carboxylic acids is 1. The molecular formula is C12H16FNO2. The summed E-state index contributed by atoms with van der Waals surface area (Å²) in [6.45, 7) is 2.91. The van der Waals surface area contributed by atoms with Crippen LogP contribution in [0.3, 0.4) is 0 Å². The summed E-state index contributed by atoms with van der Waals surface area (Å²) < 4.78 is 17.8. The second-order valence-electron chi connectivity index (χ2n) is 3.47. The number of halogens is 1. The van der Waals surface area contributed by atoms with Crippen molar-refractivity contribution in [2.45, 2.75) is 6.92 Å². The van der Waals surface area contributed by atoms with Gasteiger partial charge in [0.15, 0.2) is 5.78 Å². The van der Waals surface area contributed by atoms with Crippen LogP contribution in [0.5, 0.6) is 0 Å². The third-order valence-corrected chi connectivity index (χ3v) is 2.23. The lowest BCUT2D eigenvalue weighted by Crippen LogP contribution is -2.31. The number of rotatable bonds is 6. The molecule has 0 saturated carbocycles. The van der Waals surface area contributed by atoms with Crippen molar-refractivity contribution in [1.82, 2.24) is 0 Å². The number of carbonyl (C=O) groups is 1. The molecule has 0 aliphatic rings. The van der Waals surface area contributed by atoms with Crippen molar-refractivity contribution in [2.75, 3.05) is 31.7 Å². The topological polar surface area (TPSA) is 29.5 Å². The average molecular weight is 225 g/mol. The minimum atomic E-state index is -0.296. The summed E-state index contributed by atoms with van der Waals surface area (Å²) in [6, 6.07) is 6.22. The lowest BCUT2D eigenvalue weighted by molar-refractivity contribution is -0.121. The van der Waals surface area contributed by atoms with E-state index in [4.69, 9.17) is 4.74 Å². The maximum absolute atomic E-state index is 13.0. The van der Waals surface area contributed by atoms with Crippen molar-refractivity contribution in [3.05, 3.63) is 30.1 Å². The molecule has 0 radical (unpaired) electrons. The van der Waals surface area contributed by atoms with E-state index in [1.54, 1.807) is 12.1 Å². The predicted octanol–water partition coefficient (Wildman–Crippen LogP) is 1.87. The highest BCUT2D eigenvalue weighted by atomic mass is 19.1. The maximum Gasteiger partial charge on any atom is 0.177 e. The van der Waals surface area contributed by atoms with Gasteiger partial charge in [-0.25, -0.2) is 4.39 Å². The van der Waals surface area contributed by atoms with Crippen LogP contribution in [0.1, 0.15) is 6.92 Å². The number of hydrogen-bond acceptors (Lipinski definition) is 3. The predicted molar refractivity (Wildman–Crippen MR) is 61.2 cm³/mol. The molecule has 0 atom stereocenters. The van der Waals surface area contributed by atoms with Gasteiger partial charge in [0, 0.05) is 19.3 Å². The number of benzene rings is 1. The van der Waals surface area contributed by atoms with Gasteiger partial charge in [-0.1, -0.05) is 6.07 Å². The Bertz CT molecular complexity index is 355. The number of nitrogens with zero attached hydrogens (tertiary/aromatic N) is 1. The third kappa shape index (κ3) is 3.62. The van der Waals surface area contributed by atoms with Crippen LogP contribution in [0.2, 0.25) is 0 Å². The lowest BCUT2D eigenvalue weighted by Gasteiger charge is -2.22. The number of hydrogen-bond donors (Lipinski definition) is 0. The van der Waals surface area contributed by atoms with Gasteiger partial charge >= 0.3 is 0 Å². The number of ether oxygens (including phenoxy) is 1. The first kappa shape index (κ1) is 12.6. The fourth-order valence-electron chi connectivity index (χ4n) is 1.48. The number of likely N-dealkylation sites (N-methyl/N-ethyl adjacent to an activating group) is 1. The monoisotopic (exact) mass is 225 g/mol. The van der Waals surface area contributed by atoms with Gasteiger partial charge in [0.1, 0.15) is 12.4 Å². The van der Waals surface area contributed by atoms with Crippen LogP contribution in [0.25, 0.3) is 0 Å². The molecule has 0 saturated heterocycles. The molecule has 3 nitrogen and oxygen atoms in total. The summed E-state index contributed by atoms with van der Waals surface area (Å²) in [5, 5.41) is 0. The molecule has 0 amide bonds. The first-order valence-corrected chi connectivity index (χ1v) is 5.18. The van der Waals surface area contributed by atoms with E-state index in [-0.39, 0.29) is 24.8 Å². The van der Waals surface area contributed by atoms with Crippen LogP contribution in [-0.4, -0.2) is 32.6 Å². The molecule has 0 heterocycles. The van der Waals surface area contributed by atoms with Crippen molar-refractivity contribution < 1.29 is 13.9 Å². The smallest absolute Gasteiger partial charge is 0.177 e. The van der Waals surface area contributed by atoms with Crippen LogP contribution in [0, 0.1) is 5.82 Å². The molecule has 4 heteroatoms. The fraction of sp³-hybridized carbons (Fsp3) is 0.417. The van der Waals surface area contributed by atoms with E-state index in [1.807, 2.05) is 11.8 Å². The second-order valence-corrected chi connectivity index (χ2v) is 3.47. The van der Waals surface area contributed by atoms with Gasteiger partial charge in [0.05, 0.1) is 6.54 Å². The first-order chi connectivity index (χ1) is 7.67. The summed E-state index contributed by atoms with van der Waals surface area (Å²) in [5.74, 6) is -0.316. The van der Waals surface area contributed by atoms with Crippen molar-refractivity contribution in [3.63, 3.8) is 0 Å². The van der Waals surface area contributed by atoms with E-state index < -0.39 is 0 Å². The molecule has 1 rings (SSSR count). The summed E-state index contributed by atoms with van der Waals surface area (Å²) >= 11 is 0. The summed E-state index contributed by atoms with van der Waals surface area (Å²) in [7, 11) is 1.48. The number of Topliss-reactive ketones (excluding diaryl/α,β-unsaturated/α-hetero) is 1.